The summed E-state index contributed by atoms with van der Waals surface area (Å²) in [5, 5.41) is 0. The number of hydrogen-bond acceptors (Lipinski definition) is 3. The molecule has 0 saturated heterocycles. The molecule has 112 valence electrons. The average molecular weight is 270 g/mol. The lowest BCUT2D eigenvalue weighted by Crippen LogP contribution is -2.37. The van der Waals surface area contributed by atoms with Crippen LogP contribution in [0.3, 0.4) is 0 Å². The Hall–Kier alpha value is -0.570. The average Bonchev–Trinajstić information content (AvgIpc) is 2.30. The molecule has 0 heterocycles. The van der Waals surface area contributed by atoms with E-state index in [9.17, 15) is 4.79 Å². The minimum absolute atomic E-state index is 0.194. The maximum Gasteiger partial charge on any atom is 0.334 e. The van der Waals surface area contributed by atoms with Crippen molar-refractivity contribution in [3.05, 3.63) is 0 Å². The SMILES string of the molecule is CCCCC(OC1CC(C)CC(C)(C)C1)C(=O)OC. The third-order valence-electron chi connectivity index (χ3n) is 3.99. The van der Waals surface area contributed by atoms with Crippen molar-refractivity contribution in [2.75, 3.05) is 7.11 Å². The van der Waals surface area contributed by atoms with Gasteiger partial charge in [-0.3, -0.25) is 0 Å². The van der Waals surface area contributed by atoms with E-state index in [2.05, 4.69) is 27.7 Å². The molecule has 0 bridgehead atoms. The number of esters is 1. The maximum atomic E-state index is 11.8. The van der Waals surface area contributed by atoms with Gasteiger partial charge < -0.3 is 9.47 Å². The number of carbonyl (C=O) groups is 1. The Morgan fingerprint density at radius 2 is 2.05 bits per heavy atom. The van der Waals surface area contributed by atoms with Gasteiger partial charge in [0.05, 0.1) is 13.2 Å². The summed E-state index contributed by atoms with van der Waals surface area (Å²) in [6, 6.07) is 0. The predicted molar refractivity (Wildman–Crippen MR) is 77.0 cm³/mol. The molecule has 19 heavy (non-hydrogen) atoms. The number of methoxy groups -OCH3 is 1. The highest BCUT2D eigenvalue weighted by molar-refractivity contribution is 5.74. The van der Waals surface area contributed by atoms with E-state index in [-0.39, 0.29) is 18.2 Å². The Morgan fingerprint density at radius 1 is 1.37 bits per heavy atom. The molecule has 1 aliphatic carbocycles. The van der Waals surface area contributed by atoms with E-state index in [1.54, 1.807) is 0 Å². The van der Waals surface area contributed by atoms with Crippen LogP contribution in [0.4, 0.5) is 0 Å². The van der Waals surface area contributed by atoms with Crippen molar-refractivity contribution < 1.29 is 14.3 Å². The van der Waals surface area contributed by atoms with E-state index in [4.69, 9.17) is 9.47 Å². The van der Waals surface area contributed by atoms with Crippen molar-refractivity contribution in [1.29, 1.82) is 0 Å². The summed E-state index contributed by atoms with van der Waals surface area (Å²) in [4.78, 5) is 11.8. The van der Waals surface area contributed by atoms with Gasteiger partial charge in [0.15, 0.2) is 6.10 Å². The molecular weight excluding hydrogens is 240 g/mol. The topological polar surface area (TPSA) is 35.5 Å². The zero-order valence-corrected chi connectivity index (χ0v) is 13.2. The lowest BCUT2D eigenvalue weighted by molar-refractivity contribution is -0.162. The van der Waals surface area contributed by atoms with E-state index in [1.807, 2.05) is 0 Å². The Balaban J connectivity index is 2.59. The number of unbranched alkanes of at least 4 members (excludes halogenated alkanes) is 1. The zero-order chi connectivity index (χ0) is 14.5. The summed E-state index contributed by atoms with van der Waals surface area (Å²) in [5.74, 6) is 0.447. The van der Waals surface area contributed by atoms with Gasteiger partial charge in [0.1, 0.15) is 0 Å². The van der Waals surface area contributed by atoms with Gasteiger partial charge in [0.2, 0.25) is 0 Å². The van der Waals surface area contributed by atoms with Crippen LogP contribution in [0.1, 0.15) is 66.2 Å². The molecule has 0 aromatic carbocycles. The van der Waals surface area contributed by atoms with Crippen LogP contribution in [0.25, 0.3) is 0 Å². The van der Waals surface area contributed by atoms with Gasteiger partial charge in [-0.15, -0.1) is 0 Å². The van der Waals surface area contributed by atoms with Crippen LogP contribution in [0.15, 0.2) is 0 Å². The van der Waals surface area contributed by atoms with Gasteiger partial charge >= 0.3 is 5.97 Å². The normalized spacial score (nSPS) is 27.8. The van der Waals surface area contributed by atoms with Crippen molar-refractivity contribution in [2.45, 2.75) is 78.4 Å². The Labute approximate surface area is 118 Å². The predicted octanol–water partition coefficient (Wildman–Crippen LogP) is 3.95. The first kappa shape index (κ1) is 16.5. The maximum absolute atomic E-state index is 11.8. The molecular formula is C16H30O3. The van der Waals surface area contributed by atoms with Crippen LogP contribution in [-0.2, 0) is 14.3 Å². The van der Waals surface area contributed by atoms with Crippen LogP contribution in [0, 0.1) is 11.3 Å². The second kappa shape index (κ2) is 7.28. The molecule has 3 nitrogen and oxygen atoms in total. The fraction of sp³-hybridized carbons (Fsp3) is 0.938. The van der Waals surface area contributed by atoms with Crippen LogP contribution in [0.2, 0.25) is 0 Å². The fourth-order valence-electron chi connectivity index (χ4n) is 3.36. The molecule has 1 aliphatic rings. The molecule has 3 unspecified atom stereocenters. The van der Waals surface area contributed by atoms with Gasteiger partial charge in [0, 0.05) is 0 Å². The van der Waals surface area contributed by atoms with E-state index in [0.717, 1.165) is 32.1 Å². The van der Waals surface area contributed by atoms with E-state index >= 15 is 0 Å². The molecule has 0 aliphatic heterocycles. The first-order chi connectivity index (χ1) is 8.88. The van der Waals surface area contributed by atoms with E-state index in [0.29, 0.717) is 11.3 Å². The van der Waals surface area contributed by atoms with Crippen molar-refractivity contribution in [3.8, 4) is 0 Å². The summed E-state index contributed by atoms with van der Waals surface area (Å²) < 4.78 is 10.9. The minimum Gasteiger partial charge on any atom is -0.467 e. The first-order valence-electron chi connectivity index (χ1n) is 7.61. The number of ether oxygens (including phenoxy) is 2. The zero-order valence-electron chi connectivity index (χ0n) is 13.2. The standard InChI is InChI=1S/C16H30O3/c1-6-7-8-14(15(17)18-5)19-13-9-12(2)10-16(3,4)11-13/h12-14H,6-11H2,1-5H3. The third kappa shape index (κ3) is 5.52. The highest BCUT2D eigenvalue weighted by Gasteiger charge is 2.35. The molecule has 0 aromatic heterocycles. The molecule has 0 radical (unpaired) electrons. The van der Waals surface area contributed by atoms with Gasteiger partial charge in [-0.2, -0.15) is 0 Å². The monoisotopic (exact) mass is 270 g/mol. The highest BCUT2D eigenvalue weighted by atomic mass is 16.6. The molecule has 1 saturated carbocycles. The lowest BCUT2D eigenvalue weighted by Gasteiger charge is -2.39. The van der Waals surface area contributed by atoms with Gasteiger partial charge in [-0.25, -0.2) is 4.79 Å². The van der Waals surface area contributed by atoms with Crippen LogP contribution >= 0.6 is 0 Å². The van der Waals surface area contributed by atoms with Crippen LogP contribution in [-0.4, -0.2) is 25.3 Å². The highest BCUT2D eigenvalue weighted by Crippen LogP contribution is 2.40. The summed E-state index contributed by atoms with van der Waals surface area (Å²) >= 11 is 0. The molecule has 0 amide bonds. The molecule has 3 heteroatoms. The largest absolute Gasteiger partial charge is 0.467 e. The molecule has 0 aromatic rings. The second-order valence-electron chi connectivity index (χ2n) is 6.83. The van der Waals surface area contributed by atoms with E-state index < -0.39 is 0 Å². The summed E-state index contributed by atoms with van der Waals surface area (Å²) in [7, 11) is 1.44. The molecule has 1 fully saturated rings. The summed E-state index contributed by atoms with van der Waals surface area (Å²) in [6.45, 7) is 8.98. The fourth-order valence-corrected chi connectivity index (χ4v) is 3.36. The minimum atomic E-state index is -0.379. The first-order valence-corrected chi connectivity index (χ1v) is 7.61. The van der Waals surface area contributed by atoms with Crippen molar-refractivity contribution >= 4 is 5.97 Å². The number of carbonyl (C=O) groups excluding carboxylic acids is 1. The molecule has 0 N–H and O–H groups in total. The summed E-state index contributed by atoms with van der Waals surface area (Å²) in [6.07, 6.45) is 6.00. The second-order valence-corrected chi connectivity index (χ2v) is 6.83. The Kier molecular flexibility index (Phi) is 6.31. The Morgan fingerprint density at radius 3 is 2.58 bits per heavy atom. The van der Waals surface area contributed by atoms with E-state index in [1.165, 1.54) is 13.5 Å². The molecule has 3 atom stereocenters. The molecule has 0 spiro atoms. The quantitative estimate of drug-likeness (QED) is 0.686. The van der Waals surface area contributed by atoms with Crippen LogP contribution in [0.5, 0.6) is 0 Å². The Bertz CT molecular complexity index is 286. The lowest BCUT2D eigenvalue weighted by atomic mass is 9.71. The van der Waals surface area contributed by atoms with Crippen molar-refractivity contribution in [2.24, 2.45) is 11.3 Å². The van der Waals surface area contributed by atoms with Crippen molar-refractivity contribution in [3.63, 3.8) is 0 Å². The smallest absolute Gasteiger partial charge is 0.334 e. The third-order valence-corrected chi connectivity index (χ3v) is 3.99. The van der Waals surface area contributed by atoms with Crippen molar-refractivity contribution in [1.82, 2.24) is 0 Å². The molecule has 1 rings (SSSR count). The van der Waals surface area contributed by atoms with Gasteiger partial charge in [0.25, 0.3) is 0 Å². The van der Waals surface area contributed by atoms with Crippen LogP contribution < -0.4 is 0 Å². The van der Waals surface area contributed by atoms with Gasteiger partial charge in [-0.1, -0.05) is 40.5 Å². The number of hydrogen-bond donors (Lipinski definition) is 0. The number of rotatable bonds is 6. The summed E-state index contributed by atoms with van der Waals surface area (Å²) in [5.41, 5.74) is 0.313. The van der Waals surface area contributed by atoms with Gasteiger partial charge in [-0.05, 0) is 37.0 Å².